The molecule has 0 aliphatic rings. The predicted octanol–water partition coefficient (Wildman–Crippen LogP) is 2.72. The summed E-state index contributed by atoms with van der Waals surface area (Å²) in [6.07, 6.45) is 1.44. The minimum atomic E-state index is -0.234. The lowest BCUT2D eigenvalue weighted by Crippen LogP contribution is -2.11. The van der Waals surface area contributed by atoms with Crippen LogP contribution in [0.4, 0.5) is 0 Å². The van der Waals surface area contributed by atoms with E-state index in [1.807, 2.05) is 13.0 Å². The molecule has 4 nitrogen and oxygen atoms in total. The van der Waals surface area contributed by atoms with E-state index in [1.54, 1.807) is 30.3 Å². The molecular weight excluding hydrogens is 230 g/mol. The number of furan rings is 1. The van der Waals surface area contributed by atoms with E-state index in [9.17, 15) is 4.79 Å². The van der Waals surface area contributed by atoms with Crippen LogP contribution in [0.1, 0.15) is 21.7 Å². The van der Waals surface area contributed by atoms with Crippen LogP contribution in [-0.2, 0) is 0 Å². The van der Waals surface area contributed by atoms with Gasteiger partial charge in [-0.25, -0.2) is 0 Å². The van der Waals surface area contributed by atoms with E-state index >= 15 is 0 Å². The largest absolute Gasteiger partial charge is 0.485 e. The van der Waals surface area contributed by atoms with Crippen LogP contribution < -0.4 is 4.74 Å². The van der Waals surface area contributed by atoms with Crippen molar-refractivity contribution in [3.05, 3.63) is 53.5 Å². The number of nitrogens with zero attached hydrogens (tertiary/aromatic N) is 1. The number of carbonyl (C=O) groups is 1. The summed E-state index contributed by atoms with van der Waals surface area (Å²) in [5, 5.41) is 8.79. The number of benzene rings is 1. The molecule has 0 aliphatic heterocycles. The van der Waals surface area contributed by atoms with Crippen LogP contribution in [-0.4, -0.2) is 12.4 Å². The number of nitriles is 1. The van der Waals surface area contributed by atoms with E-state index in [1.165, 1.54) is 6.26 Å². The maximum absolute atomic E-state index is 11.7. The zero-order valence-electron chi connectivity index (χ0n) is 9.84. The molecule has 4 heteroatoms. The first-order valence-electron chi connectivity index (χ1n) is 5.41. The summed E-state index contributed by atoms with van der Waals surface area (Å²) in [4.78, 5) is 11.7. The van der Waals surface area contributed by atoms with Gasteiger partial charge in [-0.2, -0.15) is 5.26 Å². The maximum atomic E-state index is 11.7. The summed E-state index contributed by atoms with van der Waals surface area (Å²) in [6, 6.07) is 10.4. The van der Waals surface area contributed by atoms with Crippen LogP contribution >= 0.6 is 0 Å². The standard InChI is InChI=1S/C14H11NO3/c1-10-4-5-11(8-15)7-14(10)18-9-12(16)13-3-2-6-17-13/h2-7H,9H2,1H3. The van der Waals surface area contributed by atoms with E-state index in [0.29, 0.717) is 11.3 Å². The normalized spacial score (nSPS) is 9.78. The number of hydrogen-bond acceptors (Lipinski definition) is 4. The number of hydrogen-bond donors (Lipinski definition) is 0. The van der Waals surface area contributed by atoms with Crippen molar-refractivity contribution in [2.45, 2.75) is 6.92 Å². The highest BCUT2D eigenvalue weighted by Crippen LogP contribution is 2.19. The average molecular weight is 241 g/mol. The molecule has 0 radical (unpaired) electrons. The van der Waals surface area contributed by atoms with Crippen molar-refractivity contribution in [3.63, 3.8) is 0 Å². The second-order valence-electron chi connectivity index (χ2n) is 3.78. The van der Waals surface area contributed by atoms with Crippen molar-refractivity contribution in [2.75, 3.05) is 6.61 Å². The van der Waals surface area contributed by atoms with Crippen molar-refractivity contribution >= 4 is 5.78 Å². The third-order valence-corrected chi connectivity index (χ3v) is 2.47. The Morgan fingerprint density at radius 1 is 1.44 bits per heavy atom. The molecule has 0 aliphatic carbocycles. The number of aryl methyl sites for hydroxylation is 1. The Hall–Kier alpha value is -2.54. The van der Waals surface area contributed by atoms with Crippen molar-refractivity contribution in [2.24, 2.45) is 0 Å². The van der Waals surface area contributed by atoms with Gasteiger partial charge in [-0.1, -0.05) is 6.07 Å². The van der Waals surface area contributed by atoms with Gasteiger partial charge in [0.05, 0.1) is 17.9 Å². The first kappa shape index (κ1) is 11.9. The van der Waals surface area contributed by atoms with Crippen LogP contribution in [0.5, 0.6) is 5.75 Å². The van der Waals surface area contributed by atoms with Gasteiger partial charge in [0, 0.05) is 0 Å². The molecule has 18 heavy (non-hydrogen) atoms. The smallest absolute Gasteiger partial charge is 0.235 e. The van der Waals surface area contributed by atoms with Gasteiger partial charge in [0.25, 0.3) is 0 Å². The molecule has 0 saturated carbocycles. The van der Waals surface area contributed by atoms with Gasteiger partial charge in [0.2, 0.25) is 5.78 Å². The molecule has 1 aromatic heterocycles. The van der Waals surface area contributed by atoms with Crippen LogP contribution in [0.25, 0.3) is 0 Å². The molecule has 0 atom stereocenters. The minimum absolute atomic E-state index is 0.108. The summed E-state index contributed by atoms with van der Waals surface area (Å²) in [5.41, 5.74) is 1.38. The number of rotatable bonds is 4. The molecule has 1 aromatic carbocycles. The summed E-state index contributed by atoms with van der Waals surface area (Å²) < 4.78 is 10.4. The molecule has 0 bridgehead atoms. The fourth-order valence-corrected chi connectivity index (χ4v) is 1.48. The number of ketones is 1. The first-order chi connectivity index (χ1) is 8.70. The molecule has 0 amide bonds. The molecule has 0 spiro atoms. The third-order valence-electron chi connectivity index (χ3n) is 2.47. The summed E-state index contributed by atoms with van der Waals surface area (Å²) >= 11 is 0. The van der Waals surface area contributed by atoms with Gasteiger partial charge in [-0.05, 0) is 36.8 Å². The molecule has 1 heterocycles. The number of carbonyl (C=O) groups excluding carboxylic acids is 1. The van der Waals surface area contributed by atoms with Gasteiger partial charge in [0.1, 0.15) is 5.75 Å². The minimum Gasteiger partial charge on any atom is -0.485 e. The van der Waals surface area contributed by atoms with Gasteiger partial charge in [-0.15, -0.1) is 0 Å². The highest BCUT2D eigenvalue weighted by Gasteiger charge is 2.10. The fraction of sp³-hybridized carbons (Fsp3) is 0.143. The van der Waals surface area contributed by atoms with E-state index in [0.717, 1.165) is 5.56 Å². The average Bonchev–Trinajstić information content (AvgIpc) is 2.91. The lowest BCUT2D eigenvalue weighted by Gasteiger charge is -2.07. The van der Waals surface area contributed by atoms with Gasteiger partial charge < -0.3 is 9.15 Å². The van der Waals surface area contributed by atoms with Crippen LogP contribution in [0, 0.1) is 18.3 Å². The lowest BCUT2D eigenvalue weighted by molar-refractivity contribution is 0.0893. The SMILES string of the molecule is Cc1ccc(C#N)cc1OCC(=O)c1ccco1. The van der Waals surface area contributed by atoms with Gasteiger partial charge >= 0.3 is 0 Å². The van der Waals surface area contributed by atoms with Crippen LogP contribution in [0.3, 0.4) is 0 Å². The number of ether oxygens (including phenoxy) is 1. The maximum Gasteiger partial charge on any atom is 0.235 e. The Labute approximate surface area is 104 Å². The summed E-state index contributed by atoms with van der Waals surface area (Å²) in [7, 11) is 0. The van der Waals surface area contributed by atoms with Crippen molar-refractivity contribution < 1.29 is 13.9 Å². The zero-order valence-corrected chi connectivity index (χ0v) is 9.84. The molecule has 2 aromatic rings. The highest BCUT2D eigenvalue weighted by molar-refractivity contribution is 5.94. The third kappa shape index (κ3) is 2.58. The second kappa shape index (κ2) is 5.19. The molecule has 0 N–H and O–H groups in total. The molecule has 2 rings (SSSR count). The Bertz CT molecular complexity index is 594. The Kier molecular flexibility index (Phi) is 3.44. The quantitative estimate of drug-likeness (QED) is 0.772. The van der Waals surface area contributed by atoms with Crippen molar-refractivity contribution in [1.82, 2.24) is 0 Å². The fourth-order valence-electron chi connectivity index (χ4n) is 1.48. The monoisotopic (exact) mass is 241 g/mol. The van der Waals surface area contributed by atoms with E-state index in [4.69, 9.17) is 14.4 Å². The summed E-state index contributed by atoms with van der Waals surface area (Å²) in [6.45, 7) is 1.75. The Balaban J connectivity index is 2.07. The Morgan fingerprint density at radius 2 is 2.28 bits per heavy atom. The van der Waals surface area contributed by atoms with E-state index < -0.39 is 0 Å². The first-order valence-corrected chi connectivity index (χ1v) is 5.41. The second-order valence-corrected chi connectivity index (χ2v) is 3.78. The number of Topliss-reactive ketones (excluding diaryl/α,β-unsaturated/α-hetero) is 1. The Morgan fingerprint density at radius 3 is 2.94 bits per heavy atom. The van der Waals surface area contributed by atoms with Gasteiger partial charge in [0.15, 0.2) is 12.4 Å². The predicted molar refractivity (Wildman–Crippen MR) is 64.4 cm³/mol. The lowest BCUT2D eigenvalue weighted by atomic mass is 10.1. The molecular formula is C14H11NO3. The molecule has 0 fully saturated rings. The van der Waals surface area contributed by atoms with Crippen LogP contribution in [0.2, 0.25) is 0 Å². The van der Waals surface area contributed by atoms with E-state index in [2.05, 4.69) is 0 Å². The topological polar surface area (TPSA) is 63.2 Å². The van der Waals surface area contributed by atoms with Crippen LogP contribution in [0.15, 0.2) is 41.0 Å². The molecule has 90 valence electrons. The molecule has 0 unspecified atom stereocenters. The van der Waals surface area contributed by atoms with Crippen molar-refractivity contribution in [3.8, 4) is 11.8 Å². The van der Waals surface area contributed by atoms with Gasteiger partial charge in [-0.3, -0.25) is 4.79 Å². The summed E-state index contributed by atoms with van der Waals surface area (Å²) in [5.74, 6) is 0.569. The van der Waals surface area contributed by atoms with E-state index in [-0.39, 0.29) is 18.2 Å². The highest BCUT2D eigenvalue weighted by atomic mass is 16.5. The van der Waals surface area contributed by atoms with Crippen molar-refractivity contribution in [1.29, 1.82) is 5.26 Å². The molecule has 0 saturated heterocycles. The zero-order chi connectivity index (χ0) is 13.0.